The molecule has 0 atom stereocenters. The van der Waals surface area contributed by atoms with Crippen LogP contribution >= 0.6 is 0 Å². The molecule has 6 heavy (non-hydrogen) atoms. The van der Waals surface area contributed by atoms with Crippen LogP contribution in [-0.2, 0) is 43.4 Å². The third-order valence-corrected chi connectivity index (χ3v) is 0. The number of hydrogen-bond donors (Lipinski definition) is 0. The first-order valence-electron chi connectivity index (χ1n) is 0.183. The van der Waals surface area contributed by atoms with E-state index in [1.165, 1.54) is 0 Å². The van der Waals surface area contributed by atoms with E-state index in [-0.39, 0.29) is 36.5 Å². The van der Waals surface area contributed by atoms with Crippen LogP contribution in [0, 0.1) is 0 Å². The molecule has 0 N–H and O–H groups in total. The minimum atomic E-state index is 0. The van der Waals surface area contributed by atoms with E-state index < -0.39 is 0 Å². The van der Waals surface area contributed by atoms with Gasteiger partial charge in [-0.1, -0.05) is 0 Å². The predicted octanol–water partition coefficient (Wildman–Crippen LogP) is 0.334. The zero-order valence-corrected chi connectivity index (χ0v) is 5.26. The van der Waals surface area contributed by atoms with E-state index in [0.29, 0.717) is 0 Å². The van der Waals surface area contributed by atoms with Crippen molar-refractivity contribution >= 4 is 0 Å². The molecule has 0 saturated carbocycles. The quantitative estimate of drug-likeness (QED) is 0.553. The van der Waals surface area contributed by atoms with Crippen molar-refractivity contribution in [3.63, 3.8) is 0 Å². The molecule has 46 valence electrons. The van der Waals surface area contributed by atoms with Gasteiger partial charge in [0.05, 0.1) is 0 Å². The predicted molar refractivity (Wildman–Crippen MR) is 8.20 cm³/mol. The summed E-state index contributed by atoms with van der Waals surface area (Å²) >= 11 is 1.06. The third kappa shape index (κ3) is 90.0. The van der Waals surface area contributed by atoms with Gasteiger partial charge in [0, 0.05) is 22.4 Å². The Bertz CT molecular complexity index is 10.8. The Morgan fingerprint density at radius 1 is 0.833 bits per heavy atom. The van der Waals surface area contributed by atoms with Crippen LogP contribution in [0.1, 0.15) is 0 Å². The average Bonchev–Trinajstić information content (AvgIpc) is 1.00. The van der Waals surface area contributed by atoms with Gasteiger partial charge in [-0.2, -0.15) is 0 Å². The van der Waals surface area contributed by atoms with Crippen molar-refractivity contribution in [3.05, 3.63) is 0 Å². The standard InChI is InChI=1S/Ag.3FH.O.V/h;3*1H;;. The van der Waals surface area contributed by atoms with Crippen molar-refractivity contribution < 1.29 is 57.5 Å². The van der Waals surface area contributed by atoms with E-state index in [1.54, 1.807) is 0 Å². The molecule has 0 amide bonds. The van der Waals surface area contributed by atoms with Gasteiger partial charge in [0.25, 0.3) is 0 Å². The van der Waals surface area contributed by atoms with E-state index >= 15 is 0 Å². The summed E-state index contributed by atoms with van der Waals surface area (Å²) in [6, 6.07) is 0. The zero-order valence-electron chi connectivity index (χ0n) is 2.38. The molecule has 0 spiro atoms. The second-order valence-corrected chi connectivity index (χ2v) is 0. The molecule has 0 aliphatic heterocycles. The van der Waals surface area contributed by atoms with Crippen LogP contribution in [-0.4, -0.2) is 0 Å². The molecular formula is H3AgF3OV. The van der Waals surface area contributed by atoms with Gasteiger partial charge in [-0.15, -0.1) is 0 Å². The van der Waals surface area contributed by atoms with Crippen molar-refractivity contribution in [1.82, 2.24) is 0 Å². The zero-order chi connectivity index (χ0) is 2.00. The summed E-state index contributed by atoms with van der Waals surface area (Å²) in [5.74, 6) is 0. The first-order chi connectivity index (χ1) is 1.00. The van der Waals surface area contributed by atoms with E-state index in [0.717, 1.165) is 17.4 Å². The molecule has 0 heterocycles. The normalized spacial score (nSPS) is 0.500. The summed E-state index contributed by atoms with van der Waals surface area (Å²) in [6.07, 6.45) is 0. The van der Waals surface area contributed by atoms with Crippen LogP contribution in [0.5, 0.6) is 0 Å². The van der Waals surface area contributed by atoms with Crippen molar-refractivity contribution in [2.45, 2.75) is 0 Å². The molecule has 1 radical (unpaired) electrons. The molecule has 0 aromatic carbocycles. The van der Waals surface area contributed by atoms with Gasteiger partial charge < -0.3 is 0 Å². The van der Waals surface area contributed by atoms with Crippen molar-refractivity contribution in [3.8, 4) is 0 Å². The summed E-state index contributed by atoms with van der Waals surface area (Å²) < 4.78 is 8.19. The van der Waals surface area contributed by atoms with Gasteiger partial charge in [0.1, 0.15) is 0 Å². The van der Waals surface area contributed by atoms with Crippen LogP contribution < -0.4 is 0 Å². The van der Waals surface area contributed by atoms with Gasteiger partial charge >= 0.3 is 21.0 Å². The third-order valence-electron chi connectivity index (χ3n) is 0. The van der Waals surface area contributed by atoms with E-state index in [9.17, 15) is 0 Å². The SMILES string of the molecule is F.F.F.[Ag].[O]=[V]. The average molecular weight is 235 g/mol. The summed E-state index contributed by atoms with van der Waals surface area (Å²) in [5.41, 5.74) is 0. The van der Waals surface area contributed by atoms with Gasteiger partial charge in [-0.25, -0.2) is 0 Å². The van der Waals surface area contributed by atoms with Crippen molar-refractivity contribution in [2.24, 2.45) is 0 Å². The fraction of sp³-hybridized carbons (Fsp3) is 0. The number of rotatable bonds is 0. The Hall–Kier alpha value is 0.915. The van der Waals surface area contributed by atoms with Crippen LogP contribution in [0.15, 0.2) is 0 Å². The minimum absolute atomic E-state index is 0. The van der Waals surface area contributed by atoms with E-state index in [4.69, 9.17) is 3.67 Å². The number of halogens is 3. The molecule has 0 rings (SSSR count). The van der Waals surface area contributed by atoms with Crippen LogP contribution in [0.25, 0.3) is 0 Å². The van der Waals surface area contributed by atoms with Gasteiger partial charge in [-0.05, 0) is 0 Å². The summed E-state index contributed by atoms with van der Waals surface area (Å²) in [6.45, 7) is 0. The molecular weight excluding hydrogens is 232 g/mol. The molecule has 0 aromatic rings. The molecule has 0 fully saturated rings. The van der Waals surface area contributed by atoms with Gasteiger partial charge in [0.2, 0.25) is 0 Å². The summed E-state index contributed by atoms with van der Waals surface area (Å²) in [7, 11) is 0. The molecule has 0 unspecified atom stereocenters. The monoisotopic (exact) mass is 234 g/mol. The second-order valence-electron chi connectivity index (χ2n) is 0. The first kappa shape index (κ1) is 66.0. The molecule has 0 aliphatic rings. The first-order valence-corrected chi connectivity index (χ1v) is 0.753. The molecule has 0 aliphatic carbocycles. The van der Waals surface area contributed by atoms with E-state index in [2.05, 4.69) is 0 Å². The molecule has 0 bridgehead atoms. The fourth-order valence-corrected chi connectivity index (χ4v) is 0. The summed E-state index contributed by atoms with van der Waals surface area (Å²) in [5, 5.41) is 0. The Labute approximate surface area is 57.7 Å². The maximum absolute atomic E-state index is 8.19. The maximum atomic E-state index is 8.19. The molecule has 1 nitrogen and oxygen atoms in total. The molecule has 0 saturated heterocycles. The Balaban J connectivity index is -0.000000000833. The second kappa shape index (κ2) is 171. The van der Waals surface area contributed by atoms with Crippen molar-refractivity contribution in [2.75, 3.05) is 0 Å². The molecule has 6 heteroatoms. The Morgan fingerprint density at radius 2 is 0.833 bits per heavy atom. The van der Waals surface area contributed by atoms with Gasteiger partial charge in [-0.3, -0.25) is 14.1 Å². The van der Waals surface area contributed by atoms with E-state index in [1.807, 2.05) is 0 Å². The number of hydrogen-bond acceptors (Lipinski definition) is 1. The van der Waals surface area contributed by atoms with Crippen molar-refractivity contribution in [1.29, 1.82) is 0 Å². The van der Waals surface area contributed by atoms with Crippen LogP contribution in [0.4, 0.5) is 14.1 Å². The topological polar surface area (TPSA) is 17.1 Å². The summed E-state index contributed by atoms with van der Waals surface area (Å²) in [4.78, 5) is 0. The van der Waals surface area contributed by atoms with Gasteiger partial charge in [0.15, 0.2) is 0 Å². The van der Waals surface area contributed by atoms with Crippen LogP contribution in [0.2, 0.25) is 0 Å². The Morgan fingerprint density at radius 3 is 0.833 bits per heavy atom. The fourth-order valence-electron chi connectivity index (χ4n) is 0. The Kier molecular flexibility index (Phi) is 1880. The molecule has 0 aromatic heterocycles. The van der Waals surface area contributed by atoms with Crippen LogP contribution in [0.3, 0.4) is 0 Å².